The lowest BCUT2D eigenvalue weighted by molar-refractivity contribution is 0.815. The minimum Gasteiger partial charge on any atom is -0.265 e. The highest BCUT2D eigenvalue weighted by Gasteiger charge is 2.01. The first-order valence-corrected chi connectivity index (χ1v) is 3.34. The highest BCUT2D eigenvalue weighted by atomic mass is 14.7. The van der Waals surface area contributed by atoms with Gasteiger partial charge < -0.3 is 0 Å². The topological polar surface area (TPSA) is 12.4 Å². The molecule has 0 saturated carbocycles. The maximum atomic E-state index is 3.81. The van der Waals surface area contributed by atoms with Gasteiger partial charge in [-0.15, -0.1) is 6.58 Å². The molecule has 0 heterocycles. The predicted molar refractivity (Wildman–Crippen MR) is 45.1 cm³/mol. The summed E-state index contributed by atoms with van der Waals surface area (Å²) in [6, 6.07) is 0. The molecule has 1 heteroatoms. The Labute approximate surface area is 61.5 Å². The van der Waals surface area contributed by atoms with Gasteiger partial charge >= 0.3 is 0 Å². The Kier molecular flexibility index (Phi) is 2.21. The number of rotatable bonds is 2. The molecule has 1 rings (SSSR count). The molecule has 0 spiro atoms. The Morgan fingerprint density at radius 3 is 2.90 bits per heavy atom. The molecule has 0 radical (unpaired) electrons. The summed E-state index contributed by atoms with van der Waals surface area (Å²) in [6.07, 6.45) is 9.08. The normalized spacial score (nSPS) is 23.6. The molecule has 1 nitrogen and oxygen atoms in total. The van der Waals surface area contributed by atoms with Crippen molar-refractivity contribution in [2.45, 2.75) is 6.42 Å². The molecule has 0 saturated heterocycles. The Morgan fingerprint density at radius 1 is 1.70 bits per heavy atom. The zero-order chi connectivity index (χ0) is 7.40. The number of hydrogen-bond donors (Lipinski definition) is 0. The van der Waals surface area contributed by atoms with Gasteiger partial charge in [0.05, 0.1) is 5.70 Å². The van der Waals surface area contributed by atoms with E-state index in [1.807, 2.05) is 12.2 Å². The predicted octanol–water partition coefficient (Wildman–Crippen LogP) is 2.33. The van der Waals surface area contributed by atoms with Gasteiger partial charge in [0.15, 0.2) is 0 Å². The fourth-order valence-electron chi connectivity index (χ4n) is 0.918. The Bertz CT molecular complexity index is 199. The second kappa shape index (κ2) is 3.16. The molecule has 52 valence electrons. The molecule has 0 N–H and O–H groups in total. The first-order chi connectivity index (χ1) is 4.86. The van der Waals surface area contributed by atoms with E-state index in [9.17, 15) is 0 Å². The maximum Gasteiger partial charge on any atom is 0.0579 e. The second-order valence-corrected chi connectivity index (χ2v) is 2.28. The third kappa shape index (κ3) is 1.44. The van der Waals surface area contributed by atoms with E-state index in [1.165, 1.54) is 0 Å². The number of nitrogens with zero attached hydrogens (tertiary/aromatic N) is 1. The molecular formula is C9H11N. The molecule has 0 aromatic heterocycles. The van der Waals surface area contributed by atoms with Crippen LogP contribution in [-0.2, 0) is 0 Å². The summed E-state index contributed by atoms with van der Waals surface area (Å²) < 4.78 is 0. The quantitative estimate of drug-likeness (QED) is 0.405. The number of allylic oxidation sites excluding steroid dienone is 4. The van der Waals surface area contributed by atoms with Crippen molar-refractivity contribution in [3.8, 4) is 0 Å². The van der Waals surface area contributed by atoms with E-state index in [-0.39, 0.29) is 0 Å². The van der Waals surface area contributed by atoms with E-state index >= 15 is 0 Å². The fraction of sp³-hybridized carbons (Fsp3) is 0.222. The van der Waals surface area contributed by atoms with Gasteiger partial charge in [-0.05, 0) is 25.1 Å². The van der Waals surface area contributed by atoms with Gasteiger partial charge in [0.1, 0.15) is 0 Å². The van der Waals surface area contributed by atoms with Gasteiger partial charge in [-0.2, -0.15) is 0 Å². The van der Waals surface area contributed by atoms with Crippen molar-refractivity contribution >= 4 is 6.72 Å². The summed E-state index contributed by atoms with van der Waals surface area (Å²) >= 11 is 0. The minimum absolute atomic E-state index is 0.491. The van der Waals surface area contributed by atoms with Crippen molar-refractivity contribution in [3.63, 3.8) is 0 Å². The van der Waals surface area contributed by atoms with E-state index in [0.29, 0.717) is 5.92 Å². The van der Waals surface area contributed by atoms with E-state index in [1.54, 1.807) is 0 Å². The molecule has 0 fully saturated rings. The van der Waals surface area contributed by atoms with E-state index in [4.69, 9.17) is 0 Å². The van der Waals surface area contributed by atoms with E-state index < -0.39 is 0 Å². The third-order valence-corrected chi connectivity index (χ3v) is 1.60. The van der Waals surface area contributed by atoms with Crippen LogP contribution in [0.25, 0.3) is 0 Å². The summed E-state index contributed by atoms with van der Waals surface area (Å²) in [5.74, 6) is 0.491. The van der Waals surface area contributed by atoms with Crippen molar-refractivity contribution < 1.29 is 0 Å². The number of aliphatic imine (C=N–C) groups is 1. The molecule has 0 amide bonds. The van der Waals surface area contributed by atoms with Gasteiger partial charge in [0, 0.05) is 0 Å². The van der Waals surface area contributed by atoms with Gasteiger partial charge in [-0.1, -0.05) is 18.2 Å². The molecule has 0 unspecified atom stereocenters. The van der Waals surface area contributed by atoms with Crippen LogP contribution in [-0.4, -0.2) is 6.72 Å². The minimum atomic E-state index is 0.491. The zero-order valence-corrected chi connectivity index (χ0v) is 5.96. The van der Waals surface area contributed by atoms with Gasteiger partial charge in [-0.3, -0.25) is 4.99 Å². The van der Waals surface area contributed by atoms with Crippen molar-refractivity contribution in [2.75, 3.05) is 0 Å². The van der Waals surface area contributed by atoms with E-state index in [0.717, 1.165) is 12.1 Å². The molecule has 1 atom stereocenters. The van der Waals surface area contributed by atoms with Crippen LogP contribution in [0.1, 0.15) is 6.42 Å². The molecule has 1 aliphatic carbocycles. The highest BCUT2D eigenvalue weighted by molar-refractivity contribution is 5.35. The van der Waals surface area contributed by atoms with Crippen LogP contribution >= 0.6 is 0 Å². The van der Waals surface area contributed by atoms with Crippen molar-refractivity contribution in [1.29, 1.82) is 0 Å². The van der Waals surface area contributed by atoms with Crippen molar-refractivity contribution in [1.82, 2.24) is 0 Å². The average molecular weight is 133 g/mol. The number of hydrogen-bond acceptors (Lipinski definition) is 1. The Balaban J connectivity index is 2.62. The lowest BCUT2D eigenvalue weighted by Gasteiger charge is -2.08. The van der Waals surface area contributed by atoms with Crippen LogP contribution in [0.4, 0.5) is 0 Å². The van der Waals surface area contributed by atoms with Crippen LogP contribution in [0.5, 0.6) is 0 Å². The lowest BCUT2D eigenvalue weighted by atomic mass is 10.00. The first-order valence-electron chi connectivity index (χ1n) is 3.34. The SMILES string of the molecule is C=C[C@H]1C=CC(N=C)=CC1. The summed E-state index contributed by atoms with van der Waals surface area (Å²) in [7, 11) is 0. The smallest absolute Gasteiger partial charge is 0.0579 e. The summed E-state index contributed by atoms with van der Waals surface area (Å²) in [5, 5.41) is 0. The lowest BCUT2D eigenvalue weighted by Crippen LogP contribution is -1.93. The van der Waals surface area contributed by atoms with Gasteiger partial charge in [0.2, 0.25) is 0 Å². The first kappa shape index (κ1) is 7.00. The monoisotopic (exact) mass is 133 g/mol. The fourth-order valence-corrected chi connectivity index (χ4v) is 0.918. The molecule has 10 heavy (non-hydrogen) atoms. The van der Waals surface area contributed by atoms with Crippen molar-refractivity contribution in [3.05, 3.63) is 36.6 Å². The summed E-state index contributed by atoms with van der Waals surface area (Å²) in [5.41, 5.74) is 0.970. The largest absolute Gasteiger partial charge is 0.265 e. The van der Waals surface area contributed by atoms with Crippen LogP contribution in [0, 0.1) is 5.92 Å². The maximum absolute atomic E-state index is 3.81. The zero-order valence-electron chi connectivity index (χ0n) is 5.96. The van der Waals surface area contributed by atoms with Gasteiger partial charge in [-0.25, -0.2) is 0 Å². The molecule has 1 aliphatic rings. The third-order valence-electron chi connectivity index (χ3n) is 1.60. The van der Waals surface area contributed by atoms with Crippen LogP contribution in [0.15, 0.2) is 41.6 Å². The Hall–Kier alpha value is -1.11. The molecule has 0 bridgehead atoms. The van der Waals surface area contributed by atoms with Crippen LogP contribution < -0.4 is 0 Å². The van der Waals surface area contributed by atoms with Crippen LogP contribution in [0.2, 0.25) is 0 Å². The second-order valence-electron chi connectivity index (χ2n) is 2.28. The standard InChI is InChI=1S/C9H11N/c1-3-8-4-6-9(10-2)7-5-8/h3-4,6-8H,1-2,5H2/t8-/m0/s1. The summed E-state index contributed by atoms with van der Waals surface area (Å²) in [6.45, 7) is 7.15. The summed E-state index contributed by atoms with van der Waals surface area (Å²) in [4.78, 5) is 3.81. The average Bonchev–Trinajstić information content (AvgIpc) is 2.05. The molecule has 0 aromatic rings. The highest BCUT2D eigenvalue weighted by Crippen LogP contribution is 2.16. The molecular weight excluding hydrogens is 122 g/mol. The Morgan fingerprint density at radius 2 is 2.50 bits per heavy atom. The van der Waals surface area contributed by atoms with Crippen LogP contribution in [0.3, 0.4) is 0 Å². The molecule has 0 aromatic carbocycles. The van der Waals surface area contributed by atoms with E-state index in [2.05, 4.69) is 30.4 Å². The van der Waals surface area contributed by atoms with Gasteiger partial charge in [0.25, 0.3) is 0 Å². The molecule has 0 aliphatic heterocycles. The van der Waals surface area contributed by atoms with Crippen molar-refractivity contribution in [2.24, 2.45) is 10.9 Å².